The Morgan fingerprint density at radius 2 is 1.96 bits per heavy atom. The fourth-order valence-corrected chi connectivity index (χ4v) is 10.0. The average molecular weight is 729 g/mol. The molecule has 13 heteroatoms. The van der Waals surface area contributed by atoms with E-state index < -0.39 is 44.5 Å². The molecule has 2 saturated heterocycles. The summed E-state index contributed by atoms with van der Waals surface area (Å²) in [4.78, 5) is 34.1. The van der Waals surface area contributed by atoms with Gasteiger partial charge in [-0.25, -0.2) is 17.5 Å². The van der Waals surface area contributed by atoms with E-state index in [1.165, 1.54) is 13.0 Å². The van der Waals surface area contributed by atoms with Gasteiger partial charge in [-0.05, 0) is 105 Å². The number of halogens is 2. The van der Waals surface area contributed by atoms with Crippen molar-refractivity contribution in [2.45, 2.75) is 88.3 Å². The fraction of sp³-hybridized carbons (Fsp3) is 0.568. The average Bonchev–Trinajstić information content (AvgIpc) is 3.78. The number of fused-ring (bicyclic) bond motifs is 1. The summed E-state index contributed by atoms with van der Waals surface area (Å²) >= 11 is 6.90. The van der Waals surface area contributed by atoms with E-state index in [-0.39, 0.29) is 30.5 Å². The van der Waals surface area contributed by atoms with Gasteiger partial charge >= 0.3 is 0 Å². The first-order chi connectivity index (χ1) is 23.9. The summed E-state index contributed by atoms with van der Waals surface area (Å²) in [5, 5.41) is -0.439. The lowest BCUT2D eigenvalue weighted by Gasteiger charge is -2.47. The number of likely N-dealkylation sites (N-methyl/N-ethyl adjacent to an activating group) is 1. The Bertz CT molecular complexity index is 1820. The second kappa shape index (κ2) is 13.7. The number of sulfonamides is 1. The highest BCUT2D eigenvalue weighted by molar-refractivity contribution is 7.90. The van der Waals surface area contributed by atoms with E-state index in [4.69, 9.17) is 21.1 Å². The molecule has 0 aliphatic carbocycles. The molecule has 1 unspecified atom stereocenters. The van der Waals surface area contributed by atoms with Gasteiger partial charge in [0.15, 0.2) is 0 Å². The van der Waals surface area contributed by atoms with E-state index in [1.807, 2.05) is 17.0 Å². The minimum absolute atomic E-state index is 0.0499. The molecule has 1 spiro atoms. The number of nitrogens with one attached hydrogen (secondary N) is 1. The maximum Gasteiger partial charge on any atom is 0.264 e. The van der Waals surface area contributed by atoms with Crippen molar-refractivity contribution in [1.29, 1.82) is 0 Å². The number of hydrogen-bond acceptors (Lipinski definition) is 8. The predicted molar refractivity (Wildman–Crippen MR) is 190 cm³/mol. The van der Waals surface area contributed by atoms with Gasteiger partial charge in [0.05, 0.1) is 29.1 Å². The van der Waals surface area contributed by atoms with Gasteiger partial charge < -0.3 is 19.3 Å². The molecule has 50 heavy (non-hydrogen) atoms. The second-order valence-corrected chi connectivity index (χ2v) is 17.1. The maximum atomic E-state index is 17.2. The lowest BCUT2D eigenvalue weighted by Crippen LogP contribution is -2.59. The van der Waals surface area contributed by atoms with Crippen molar-refractivity contribution < 1.29 is 31.9 Å². The smallest absolute Gasteiger partial charge is 0.264 e. The number of benzene rings is 2. The van der Waals surface area contributed by atoms with Crippen molar-refractivity contribution >= 4 is 39.1 Å². The van der Waals surface area contributed by atoms with E-state index in [1.54, 1.807) is 37.1 Å². The summed E-state index contributed by atoms with van der Waals surface area (Å²) < 4.78 is 58.6. The minimum Gasteiger partial charge on any atom is -0.487 e. The van der Waals surface area contributed by atoms with Gasteiger partial charge in [-0.2, -0.15) is 0 Å². The van der Waals surface area contributed by atoms with Crippen LogP contribution in [0.4, 0.5) is 10.1 Å². The monoisotopic (exact) mass is 728 g/mol. The number of anilines is 1. The van der Waals surface area contributed by atoms with Crippen LogP contribution in [0.1, 0.15) is 79.4 Å². The number of ether oxygens (including phenoxy) is 2. The Kier molecular flexibility index (Phi) is 9.68. The van der Waals surface area contributed by atoms with Crippen LogP contribution in [0.5, 0.6) is 5.75 Å². The van der Waals surface area contributed by atoms with Crippen molar-refractivity contribution in [3.63, 3.8) is 0 Å². The first-order valence-electron chi connectivity index (χ1n) is 17.8. The molecule has 2 amide bonds. The van der Waals surface area contributed by atoms with Crippen LogP contribution in [0.25, 0.3) is 0 Å². The van der Waals surface area contributed by atoms with Crippen LogP contribution < -0.4 is 14.4 Å². The third-order valence-corrected chi connectivity index (χ3v) is 13.8. The maximum absolute atomic E-state index is 17.2. The van der Waals surface area contributed by atoms with Crippen LogP contribution in [0, 0.1) is 5.92 Å². The van der Waals surface area contributed by atoms with Gasteiger partial charge in [-0.1, -0.05) is 24.6 Å². The van der Waals surface area contributed by atoms with Gasteiger partial charge in [0.2, 0.25) is 15.9 Å². The van der Waals surface area contributed by atoms with Crippen LogP contribution >= 0.6 is 11.6 Å². The molecule has 2 aromatic rings. The Morgan fingerprint density at radius 3 is 2.74 bits per heavy atom. The minimum atomic E-state index is -4.13. The number of allylic oxidation sites excluding steroid dienone is 1. The lowest BCUT2D eigenvalue weighted by atomic mass is 9.79. The van der Waals surface area contributed by atoms with Gasteiger partial charge in [-0.3, -0.25) is 14.5 Å². The van der Waals surface area contributed by atoms with Crippen LogP contribution in [0.3, 0.4) is 0 Å². The van der Waals surface area contributed by atoms with Crippen molar-refractivity contribution in [3.05, 3.63) is 69.5 Å². The molecule has 7 rings (SSSR count). The van der Waals surface area contributed by atoms with E-state index in [9.17, 15) is 18.0 Å². The number of rotatable bonds is 2. The van der Waals surface area contributed by atoms with Gasteiger partial charge in [0.1, 0.15) is 24.2 Å². The van der Waals surface area contributed by atoms with E-state index >= 15 is 4.39 Å². The SMILES string of the molecule is C[C@@H]1[C@@H](C)C/C=C(\F)[C@H](C(=O)N(C)C2CCOC2)N2CCC[C@@]23CN2CCCCc4cc(Cl)cc3c4COc3ccc(cc32)C(=O)NS1(=O)=O. The molecular formula is C37H46ClFN4O6S. The van der Waals surface area contributed by atoms with Crippen molar-refractivity contribution in [2.24, 2.45) is 5.92 Å². The normalized spacial score (nSPS) is 30.9. The molecule has 2 fully saturated rings. The Hall–Kier alpha value is -3.19. The van der Waals surface area contributed by atoms with Gasteiger partial charge in [0.25, 0.3) is 5.91 Å². The van der Waals surface area contributed by atoms with E-state index in [2.05, 4.69) is 9.62 Å². The zero-order valence-electron chi connectivity index (χ0n) is 28.9. The first kappa shape index (κ1) is 35.2. The largest absolute Gasteiger partial charge is 0.487 e. The van der Waals surface area contributed by atoms with E-state index in [0.29, 0.717) is 68.6 Å². The summed E-state index contributed by atoms with van der Waals surface area (Å²) in [7, 11) is -2.41. The fourth-order valence-electron chi connectivity index (χ4n) is 8.51. The third-order valence-electron chi connectivity index (χ3n) is 11.7. The van der Waals surface area contributed by atoms with Crippen LogP contribution in [0.15, 0.2) is 42.2 Å². The third kappa shape index (κ3) is 6.30. The summed E-state index contributed by atoms with van der Waals surface area (Å²) in [6.07, 6.45) is 5.92. The van der Waals surface area contributed by atoms with Crippen molar-refractivity contribution in [1.82, 2.24) is 14.5 Å². The molecule has 2 aromatic carbocycles. The van der Waals surface area contributed by atoms with Crippen LogP contribution in [0.2, 0.25) is 5.02 Å². The number of amides is 2. The van der Waals surface area contributed by atoms with Crippen molar-refractivity contribution in [3.8, 4) is 5.75 Å². The highest BCUT2D eigenvalue weighted by atomic mass is 35.5. The molecule has 7 bridgehead atoms. The number of carbonyl (C=O) groups excluding carboxylic acids is 2. The first-order valence-corrected chi connectivity index (χ1v) is 19.7. The quantitative estimate of drug-likeness (QED) is 0.443. The molecule has 0 saturated carbocycles. The summed E-state index contributed by atoms with van der Waals surface area (Å²) in [6.45, 7) is 5.79. The summed E-state index contributed by atoms with van der Waals surface area (Å²) in [5.41, 5.74) is 2.98. The lowest BCUT2D eigenvalue weighted by molar-refractivity contribution is -0.139. The topological polar surface area (TPSA) is 108 Å². The zero-order valence-corrected chi connectivity index (χ0v) is 30.5. The Balaban J connectivity index is 1.48. The van der Waals surface area contributed by atoms with Crippen molar-refractivity contribution in [2.75, 3.05) is 44.8 Å². The molecule has 1 N–H and O–H groups in total. The standard InChI is InChI=1S/C37H46ClFN4O6S/c1-23-8-10-31(39)34(36(45)41(3)28-12-16-48-20-28)43-15-6-13-37(43)22-42-14-5-4-7-25-17-27(38)19-30(37)29(25)21-49-33-11-9-26(18-32(33)42)35(44)40-50(46,47)24(23)2/h9-11,17-19,23-24,28,34H,4-8,12-16,20-22H2,1-3H3,(H,40,44)/b31-10-/t23-,24+,28?,34+,37-/m0/s1. The number of aryl methyl sites for hydroxylation is 1. The highest BCUT2D eigenvalue weighted by Gasteiger charge is 2.52. The molecule has 10 nitrogen and oxygen atoms in total. The van der Waals surface area contributed by atoms with Gasteiger partial charge in [0, 0.05) is 43.9 Å². The summed E-state index contributed by atoms with van der Waals surface area (Å²) in [5.74, 6) is -1.72. The molecule has 5 heterocycles. The molecule has 270 valence electrons. The van der Waals surface area contributed by atoms with Crippen LogP contribution in [-0.2, 0) is 38.1 Å². The second-order valence-electron chi connectivity index (χ2n) is 14.6. The zero-order chi connectivity index (χ0) is 35.4. The predicted octanol–water partition coefficient (Wildman–Crippen LogP) is 5.32. The molecular weight excluding hydrogens is 683 g/mol. The Morgan fingerprint density at radius 1 is 1.14 bits per heavy atom. The summed E-state index contributed by atoms with van der Waals surface area (Å²) in [6, 6.07) is 7.54. The number of carbonyl (C=O) groups is 2. The van der Waals surface area contributed by atoms with Gasteiger partial charge in [-0.15, -0.1) is 0 Å². The molecule has 0 aromatic heterocycles. The van der Waals surface area contributed by atoms with Crippen LogP contribution in [-0.4, -0.2) is 87.3 Å². The molecule has 0 radical (unpaired) electrons. The number of nitrogens with zero attached hydrogens (tertiary/aromatic N) is 3. The molecule has 5 aliphatic heterocycles. The Labute approximate surface area is 299 Å². The highest BCUT2D eigenvalue weighted by Crippen LogP contribution is 2.49. The number of hydrogen-bond donors (Lipinski definition) is 1. The molecule has 5 atom stereocenters. The van der Waals surface area contributed by atoms with E-state index in [0.717, 1.165) is 36.0 Å². The molecule has 5 aliphatic rings.